The minimum atomic E-state index is -0.956. The highest BCUT2D eigenvalue weighted by atomic mass is 19.1. The molecule has 0 fully saturated rings. The molecule has 7 heteroatoms. The number of nitrogens with one attached hydrogen (secondary N) is 2. The fraction of sp³-hybridized carbons (Fsp3) is 0.192. The van der Waals surface area contributed by atoms with E-state index in [-0.39, 0.29) is 12.2 Å². The van der Waals surface area contributed by atoms with Gasteiger partial charge in [-0.15, -0.1) is 0 Å². The van der Waals surface area contributed by atoms with E-state index in [1.165, 1.54) is 0 Å². The molecule has 3 aromatic rings. The summed E-state index contributed by atoms with van der Waals surface area (Å²) in [5.41, 5.74) is 4.79. The zero-order chi connectivity index (χ0) is 23.4. The Kier molecular flexibility index (Phi) is 6.49. The molecule has 1 atom stereocenters. The van der Waals surface area contributed by atoms with Gasteiger partial charge in [-0.1, -0.05) is 48.5 Å². The van der Waals surface area contributed by atoms with E-state index in [4.69, 9.17) is 5.11 Å². The molecule has 0 bridgehead atoms. The summed E-state index contributed by atoms with van der Waals surface area (Å²) >= 11 is 0. The van der Waals surface area contributed by atoms with Crippen molar-refractivity contribution in [1.29, 1.82) is 0 Å². The van der Waals surface area contributed by atoms with Gasteiger partial charge in [-0.05, 0) is 47.7 Å². The van der Waals surface area contributed by atoms with Crippen molar-refractivity contribution in [3.05, 3.63) is 83.4 Å². The molecule has 0 saturated heterocycles. The summed E-state index contributed by atoms with van der Waals surface area (Å²) in [6.45, 7) is -0.669. The largest absolute Gasteiger partial charge is 0.481 e. The standard InChI is InChI=1S/C26H23FN2O4/c27-15-20-3-1-2-4-23(20)29-26(33)28-21-10-7-16(8-11-21)17-9-12-22-18(13-17)5-6-19(25(22)32)14-24(30)31/h1-4,7-13,19H,5-6,14-15H2,(H,30,31)(H2,28,29,33). The number of carbonyl (C=O) groups excluding carboxylic acids is 2. The van der Waals surface area contributed by atoms with E-state index >= 15 is 0 Å². The van der Waals surface area contributed by atoms with Gasteiger partial charge < -0.3 is 15.7 Å². The molecular weight excluding hydrogens is 423 g/mol. The number of carboxylic acid groups (broad SMARTS) is 1. The number of anilines is 2. The van der Waals surface area contributed by atoms with E-state index < -0.39 is 24.6 Å². The van der Waals surface area contributed by atoms with Crippen molar-refractivity contribution in [2.45, 2.75) is 25.9 Å². The average molecular weight is 446 g/mol. The van der Waals surface area contributed by atoms with Crippen molar-refractivity contribution in [3.63, 3.8) is 0 Å². The molecule has 1 aliphatic rings. The van der Waals surface area contributed by atoms with Crippen LogP contribution < -0.4 is 10.6 Å². The Morgan fingerprint density at radius 1 is 0.970 bits per heavy atom. The highest BCUT2D eigenvalue weighted by molar-refractivity contribution is 6.02. The lowest BCUT2D eigenvalue weighted by atomic mass is 9.80. The average Bonchev–Trinajstić information content (AvgIpc) is 2.81. The first kappa shape index (κ1) is 22.2. The van der Waals surface area contributed by atoms with Crippen LogP contribution in [0.1, 0.15) is 34.3 Å². The number of fused-ring (bicyclic) bond motifs is 1. The predicted molar refractivity (Wildman–Crippen MR) is 124 cm³/mol. The Balaban J connectivity index is 1.44. The zero-order valence-corrected chi connectivity index (χ0v) is 17.8. The van der Waals surface area contributed by atoms with E-state index in [1.54, 1.807) is 42.5 Å². The highest BCUT2D eigenvalue weighted by Crippen LogP contribution is 2.31. The summed E-state index contributed by atoms with van der Waals surface area (Å²) in [6, 6.07) is 19.1. The molecule has 33 heavy (non-hydrogen) atoms. The van der Waals surface area contributed by atoms with Gasteiger partial charge in [0.05, 0.1) is 6.42 Å². The fourth-order valence-corrected chi connectivity index (χ4v) is 4.10. The number of carbonyl (C=O) groups is 3. The number of hydrogen-bond donors (Lipinski definition) is 3. The van der Waals surface area contributed by atoms with Crippen LogP contribution in [0.5, 0.6) is 0 Å². The molecule has 3 aromatic carbocycles. The van der Waals surface area contributed by atoms with Gasteiger partial charge in [0.1, 0.15) is 6.67 Å². The van der Waals surface area contributed by atoms with Gasteiger partial charge in [-0.3, -0.25) is 9.59 Å². The number of Topliss-reactive ketones (excluding diaryl/α,β-unsaturated/α-hetero) is 1. The Bertz CT molecular complexity index is 1210. The van der Waals surface area contributed by atoms with Crippen LogP contribution in [-0.4, -0.2) is 22.9 Å². The topological polar surface area (TPSA) is 95.5 Å². The first-order valence-corrected chi connectivity index (χ1v) is 10.7. The lowest BCUT2D eigenvalue weighted by molar-refractivity contribution is -0.137. The summed E-state index contributed by atoms with van der Waals surface area (Å²) in [7, 11) is 0. The quantitative estimate of drug-likeness (QED) is 0.453. The van der Waals surface area contributed by atoms with Gasteiger partial charge in [0.25, 0.3) is 0 Å². The Labute approximate surface area is 190 Å². The summed E-state index contributed by atoms with van der Waals surface area (Å²) < 4.78 is 13.1. The molecule has 0 spiro atoms. The van der Waals surface area contributed by atoms with Crippen LogP contribution in [0.15, 0.2) is 66.7 Å². The van der Waals surface area contributed by atoms with Gasteiger partial charge in [0.15, 0.2) is 5.78 Å². The van der Waals surface area contributed by atoms with Gasteiger partial charge in [-0.2, -0.15) is 0 Å². The second-order valence-corrected chi connectivity index (χ2v) is 8.02. The van der Waals surface area contributed by atoms with E-state index in [0.717, 1.165) is 16.7 Å². The van der Waals surface area contributed by atoms with E-state index in [0.29, 0.717) is 35.3 Å². The Morgan fingerprint density at radius 3 is 2.42 bits per heavy atom. The van der Waals surface area contributed by atoms with Crippen molar-refractivity contribution in [2.75, 3.05) is 10.6 Å². The van der Waals surface area contributed by atoms with E-state index in [1.807, 2.05) is 24.3 Å². The molecule has 0 heterocycles. The molecule has 0 radical (unpaired) electrons. The summed E-state index contributed by atoms with van der Waals surface area (Å²) in [5, 5.41) is 14.4. The summed E-state index contributed by atoms with van der Waals surface area (Å²) in [6.07, 6.45) is 1.06. The third-order valence-corrected chi connectivity index (χ3v) is 5.81. The number of amides is 2. The number of para-hydroxylation sites is 1. The van der Waals surface area contributed by atoms with Gasteiger partial charge in [0, 0.05) is 28.4 Å². The zero-order valence-electron chi connectivity index (χ0n) is 17.8. The number of aliphatic carboxylic acids is 1. The number of urea groups is 1. The van der Waals surface area contributed by atoms with Gasteiger partial charge in [-0.25, -0.2) is 9.18 Å². The monoisotopic (exact) mass is 446 g/mol. The number of hydrogen-bond acceptors (Lipinski definition) is 3. The highest BCUT2D eigenvalue weighted by Gasteiger charge is 2.29. The number of carboxylic acids is 1. The SMILES string of the molecule is O=C(O)CC1CCc2cc(-c3ccc(NC(=O)Nc4ccccc4CF)cc3)ccc2C1=O. The maximum Gasteiger partial charge on any atom is 0.323 e. The minimum absolute atomic E-state index is 0.106. The summed E-state index contributed by atoms with van der Waals surface area (Å²) in [4.78, 5) is 35.8. The van der Waals surface area contributed by atoms with Crippen LogP contribution in [0.2, 0.25) is 0 Å². The Hall–Kier alpha value is -4.00. The molecule has 3 N–H and O–H groups in total. The van der Waals surface area contributed by atoms with Gasteiger partial charge in [0.2, 0.25) is 0 Å². The molecule has 4 rings (SSSR count). The molecule has 0 saturated carbocycles. The van der Waals surface area contributed by atoms with E-state index in [9.17, 15) is 18.8 Å². The minimum Gasteiger partial charge on any atom is -0.481 e. The molecule has 168 valence electrons. The maximum atomic E-state index is 13.1. The van der Waals surface area contributed by atoms with Crippen molar-refractivity contribution in [2.24, 2.45) is 5.92 Å². The molecule has 6 nitrogen and oxygen atoms in total. The van der Waals surface area contributed by atoms with Crippen molar-refractivity contribution < 1.29 is 23.9 Å². The summed E-state index contributed by atoms with van der Waals surface area (Å²) in [5.74, 6) is -1.53. The van der Waals surface area contributed by atoms with Crippen LogP contribution in [0.4, 0.5) is 20.6 Å². The van der Waals surface area contributed by atoms with Crippen LogP contribution >= 0.6 is 0 Å². The second-order valence-electron chi connectivity index (χ2n) is 8.02. The molecule has 2 amide bonds. The molecule has 0 aromatic heterocycles. The Morgan fingerprint density at radius 2 is 1.70 bits per heavy atom. The second kappa shape index (κ2) is 9.65. The number of halogens is 1. The maximum absolute atomic E-state index is 13.1. The number of aryl methyl sites for hydroxylation is 1. The third kappa shape index (κ3) is 5.09. The van der Waals surface area contributed by atoms with Crippen LogP contribution in [0, 0.1) is 5.92 Å². The fourth-order valence-electron chi connectivity index (χ4n) is 4.10. The van der Waals surface area contributed by atoms with Crippen LogP contribution in [0.3, 0.4) is 0 Å². The first-order valence-electron chi connectivity index (χ1n) is 10.7. The van der Waals surface area contributed by atoms with Crippen molar-refractivity contribution in [1.82, 2.24) is 0 Å². The number of benzene rings is 3. The number of rotatable bonds is 6. The van der Waals surface area contributed by atoms with Crippen LogP contribution in [0.25, 0.3) is 11.1 Å². The lowest BCUT2D eigenvalue weighted by Crippen LogP contribution is -2.24. The number of ketones is 1. The lowest BCUT2D eigenvalue weighted by Gasteiger charge is -2.22. The van der Waals surface area contributed by atoms with Crippen LogP contribution in [-0.2, 0) is 17.9 Å². The molecule has 0 aliphatic heterocycles. The van der Waals surface area contributed by atoms with Gasteiger partial charge >= 0.3 is 12.0 Å². The predicted octanol–water partition coefficient (Wildman–Crippen LogP) is 5.69. The van der Waals surface area contributed by atoms with E-state index in [2.05, 4.69) is 10.6 Å². The number of alkyl halides is 1. The third-order valence-electron chi connectivity index (χ3n) is 5.81. The normalized spacial score (nSPS) is 14.9. The smallest absolute Gasteiger partial charge is 0.323 e. The molecule has 1 aliphatic carbocycles. The van der Waals surface area contributed by atoms with Crippen molar-refractivity contribution >= 4 is 29.2 Å². The molecular formula is C26H23FN2O4. The first-order chi connectivity index (χ1) is 15.9. The van der Waals surface area contributed by atoms with Crippen molar-refractivity contribution in [3.8, 4) is 11.1 Å². The molecule has 1 unspecified atom stereocenters.